The summed E-state index contributed by atoms with van der Waals surface area (Å²) in [6.07, 6.45) is 5.82. The first-order valence-corrected chi connectivity index (χ1v) is 10.1. The Kier molecular flexibility index (Phi) is 3.63. The summed E-state index contributed by atoms with van der Waals surface area (Å²) in [5, 5.41) is 10.0. The molecular formula is C19H27BrO3. The maximum atomic E-state index is 13.0. The Morgan fingerprint density at radius 3 is 2.57 bits per heavy atom. The van der Waals surface area contributed by atoms with Gasteiger partial charge in [0.25, 0.3) is 0 Å². The predicted octanol–water partition coefficient (Wildman–Crippen LogP) is 3.51. The lowest BCUT2D eigenvalue weighted by atomic mass is 9.45. The molecule has 0 radical (unpaired) electrons. The number of carbonyl (C=O) groups is 2. The van der Waals surface area contributed by atoms with Crippen molar-refractivity contribution in [2.45, 2.75) is 69.7 Å². The molecule has 0 aromatic carbocycles. The quantitative estimate of drug-likeness (QED) is 0.652. The highest BCUT2D eigenvalue weighted by molar-refractivity contribution is 9.10. The topological polar surface area (TPSA) is 54.4 Å². The molecule has 4 aliphatic carbocycles. The maximum Gasteiger partial charge on any atom is 0.152 e. The summed E-state index contributed by atoms with van der Waals surface area (Å²) in [4.78, 5) is 25.6. The van der Waals surface area contributed by atoms with E-state index >= 15 is 0 Å². The van der Waals surface area contributed by atoms with Crippen LogP contribution in [0.1, 0.15) is 58.8 Å². The highest BCUT2D eigenvalue weighted by Gasteiger charge is 2.64. The lowest BCUT2D eigenvalue weighted by Crippen LogP contribution is -2.57. The Balaban J connectivity index is 1.71. The largest absolute Gasteiger partial charge is 0.393 e. The van der Waals surface area contributed by atoms with Crippen molar-refractivity contribution in [3.05, 3.63) is 0 Å². The van der Waals surface area contributed by atoms with Crippen LogP contribution in [0.25, 0.3) is 0 Å². The van der Waals surface area contributed by atoms with Crippen LogP contribution < -0.4 is 0 Å². The Bertz CT molecular complexity index is 561. The van der Waals surface area contributed by atoms with E-state index in [1.165, 1.54) is 0 Å². The van der Waals surface area contributed by atoms with Crippen LogP contribution in [-0.4, -0.2) is 27.6 Å². The Morgan fingerprint density at radius 2 is 1.83 bits per heavy atom. The molecule has 0 spiro atoms. The average Bonchev–Trinajstić information content (AvgIpc) is 2.73. The van der Waals surface area contributed by atoms with Crippen molar-refractivity contribution in [1.29, 1.82) is 0 Å². The van der Waals surface area contributed by atoms with Crippen LogP contribution in [0.5, 0.6) is 0 Å². The van der Waals surface area contributed by atoms with Gasteiger partial charge < -0.3 is 5.11 Å². The third-order valence-electron chi connectivity index (χ3n) is 8.14. The molecule has 0 bridgehead atoms. The molecule has 4 rings (SSSR count). The molecule has 4 heteroatoms. The second kappa shape index (κ2) is 5.14. The van der Waals surface area contributed by atoms with Crippen molar-refractivity contribution in [2.75, 3.05) is 0 Å². The summed E-state index contributed by atoms with van der Waals surface area (Å²) >= 11 is 3.56. The number of alkyl halides is 1. The van der Waals surface area contributed by atoms with Crippen molar-refractivity contribution in [3.8, 4) is 0 Å². The molecule has 8 atom stereocenters. The molecule has 0 unspecified atom stereocenters. The van der Waals surface area contributed by atoms with Crippen LogP contribution in [0.2, 0.25) is 0 Å². The molecule has 4 aliphatic rings. The number of hydrogen-bond acceptors (Lipinski definition) is 3. The lowest BCUT2D eigenvalue weighted by Gasteiger charge is -2.59. The molecule has 128 valence electrons. The van der Waals surface area contributed by atoms with Crippen LogP contribution in [0, 0.1) is 34.5 Å². The van der Waals surface area contributed by atoms with Crippen LogP contribution in [0.15, 0.2) is 0 Å². The Morgan fingerprint density at radius 1 is 1.09 bits per heavy atom. The lowest BCUT2D eigenvalue weighted by molar-refractivity contribution is -0.160. The monoisotopic (exact) mass is 382 g/mol. The molecule has 0 aliphatic heterocycles. The van der Waals surface area contributed by atoms with E-state index in [9.17, 15) is 14.7 Å². The fourth-order valence-electron chi connectivity index (χ4n) is 6.67. The van der Waals surface area contributed by atoms with Crippen molar-refractivity contribution < 1.29 is 14.7 Å². The van der Waals surface area contributed by atoms with Gasteiger partial charge in [-0.15, -0.1) is 0 Å². The number of hydrogen-bond donors (Lipinski definition) is 1. The number of aliphatic hydroxyl groups excluding tert-OH is 1. The van der Waals surface area contributed by atoms with Gasteiger partial charge in [-0.25, -0.2) is 0 Å². The van der Waals surface area contributed by atoms with Gasteiger partial charge in [0.1, 0.15) is 5.78 Å². The molecule has 3 nitrogen and oxygen atoms in total. The Labute approximate surface area is 146 Å². The first kappa shape index (κ1) is 16.3. The molecule has 0 saturated heterocycles. The van der Waals surface area contributed by atoms with Gasteiger partial charge in [-0.1, -0.05) is 29.8 Å². The zero-order chi connectivity index (χ0) is 16.6. The standard InChI is InChI=1S/C19H27BrO3/c1-18-5-3-11(21)7-10(18)8-15(22)16-12(18)4-6-19(2)13(16)9-14(20)17(19)23/h10-14,16,21H,3-9H2,1-2H3/t10-,11+,12+,13+,14-,16-,18+,19+/m1/s1. The zero-order valence-electron chi connectivity index (χ0n) is 14.1. The molecule has 4 fully saturated rings. The summed E-state index contributed by atoms with van der Waals surface area (Å²) in [6, 6.07) is 0. The minimum Gasteiger partial charge on any atom is -0.393 e. The highest BCUT2D eigenvalue weighted by Crippen LogP contribution is 2.65. The van der Waals surface area contributed by atoms with E-state index in [0.29, 0.717) is 29.8 Å². The van der Waals surface area contributed by atoms with Gasteiger partial charge in [0, 0.05) is 17.8 Å². The molecule has 0 heterocycles. The predicted molar refractivity (Wildman–Crippen MR) is 91.2 cm³/mol. The third kappa shape index (κ3) is 2.09. The van der Waals surface area contributed by atoms with Gasteiger partial charge in [0.05, 0.1) is 10.9 Å². The van der Waals surface area contributed by atoms with Crippen molar-refractivity contribution >= 4 is 27.5 Å². The van der Waals surface area contributed by atoms with Crippen LogP contribution in [0.3, 0.4) is 0 Å². The first-order chi connectivity index (χ1) is 10.8. The third-order valence-corrected chi connectivity index (χ3v) is 8.93. The number of fused-ring (bicyclic) bond motifs is 5. The van der Waals surface area contributed by atoms with Gasteiger partial charge in [-0.2, -0.15) is 0 Å². The maximum absolute atomic E-state index is 13.0. The molecule has 0 aromatic rings. The van der Waals surface area contributed by atoms with E-state index in [4.69, 9.17) is 0 Å². The summed E-state index contributed by atoms with van der Waals surface area (Å²) in [6.45, 7) is 4.46. The summed E-state index contributed by atoms with van der Waals surface area (Å²) in [5.74, 6) is 1.72. The van der Waals surface area contributed by atoms with E-state index < -0.39 is 0 Å². The van der Waals surface area contributed by atoms with Gasteiger partial charge in [-0.05, 0) is 61.7 Å². The van der Waals surface area contributed by atoms with Gasteiger partial charge in [0.15, 0.2) is 5.78 Å². The molecular weight excluding hydrogens is 356 g/mol. The second-order valence-electron chi connectivity index (χ2n) is 9.06. The fraction of sp³-hybridized carbons (Fsp3) is 0.895. The summed E-state index contributed by atoms with van der Waals surface area (Å²) in [7, 11) is 0. The van der Waals surface area contributed by atoms with E-state index in [2.05, 4.69) is 29.8 Å². The van der Waals surface area contributed by atoms with Crippen molar-refractivity contribution in [2.24, 2.45) is 34.5 Å². The van der Waals surface area contributed by atoms with E-state index in [1.807, 2.05) is 0 Å². The molecule has 1 N–H and O–H groups in total. The number of carbonyl (C=O) groups excluding carboxylic acids is 2. The number of ketones is 2. The summed E-state index contributed by atoms with van der Waals surface area (Å²) < 4.78 is 0. The molecule has 23 heavy (non-hydrogen) atoms. The van der Waals surface area contributed by atoms with E-state index in [1.54, 1.807) is 0 Å². The smallest absolute Gasteiger partial charge is 0.152 e. The minimum atomic E-state index is -0.303. The van der Waals surface area contributed by atoms with Gasteiger partial charge in [0.2, 0.25) is 0 Å². The fourth-order valence-corrected chi connectivity index (χ4v) is 7.59. The normalized spacial score (nSPS) is 56.0. The minimum absolute atomic E-state index is 0.0664. The van der Waals surface area contributed by atoms with Crippen LogP contribution in [-0.2, 0) is 9.59 Å². The highest BCUT2D eigenvalue weighted by atomic mass is 79.9. The van der Waals surface area contributed by atoms with Gasteiger partial charge >= 0.3 is 0 Å². The number of aliphatic hydroxyl groups is 1. The molecule has 4 saturated carbocycles. The SMILES string of the molecule is C[C@]12CC[C@H](O)C[C@@H]1CC(=O)[C@@H]1[C@@H]2CC[C@]2(C)C(=O)[C@H](Br)C[C@@H]12. The van der Waals surface area contributed by atoms with Crippen LogP contribution >= 0.6 is 15.9 Å². The summed E-state index contributed by atoms with van der Waals surface area (Å²) in [5.41, 5.74) is -0.130. The van der Waals surface area contributed by atoms with Gasteiger partial charge in [-0.3, -0.25) is 9.59 Å². The van der Waals surface area contributed by atoms with Crippen LogP contribution in [0.4, 0.5) is 0 Å². The van der Waals surface area contributed by atoms with Crippen molar-refractivity contribution in [1.82, 2.24) is 0 Å². The second-order valence-corrected chi connectivity index (χ2v) is 10.2. The molecule has 0 aromatic heterocycles. The average molecular weight is 383 g/mol. The Hall–Kier alpha value is -0.220. The number of Topliss-reactive ketones (excluding diaryl/α,β-unsaturated/α-hetero) is 2. The molecule has 0 amide bonds. The first-order valence-electron chi connectivity index (χ1n) is 9.16. The number of halogens is 1. The zero-order valence-corrected chi connectivity index (χ0v) is 15.6. The van der Waals surface area contributed by atoms with E-state index in [0.717, 1.165) is 38.5 Å². The van der Waals surface area contributed by atoms with E-state index in [-0.39, 0.29) is 33.6 Å². The number of rotatable bonds is 0. The van der Waals surface area contributed by atoms with Crippen molar-refractivity contribution in [3.63, 3.8) is 0 Å².